The van der Waals surface area contributed by atoms with Crippen LogP contribution in [0.2, 0.25) is 0 Å². The molecule has 0 radical (unpaired) electrons. The number of aromatic amines is 1. The van der Waals surface area contributed by atoms with E-state index in [1.807, 2.05) is 0 Å². The van der Waals surface area contributed by atoms with Gasteiger partial charge in [0.25, 0.3) is 0 Å². The van der Waals surface area contributed by atoms with Crippen LogP contribution in [0.4, 0.5) is 0 Å². The molecule has 0 amide bonds. The third kappa shape index (κ3) is 3.54. The number of nitrogens with one attached hydrogen (secondary N) is 1. The molecule has 0 atom stereocenters. The van der Waals surface area contributed by atoms with Crippen molar-refractivity contribution in [2.75, 3.05) is 37.7 Å². The maximum Gasteiger partial charge on any atom is 0.150 e. The highest BCUT2D eigenvalue weighted by atomic mass is 32.2. The Labute approximate surface area is 125 Å². The molecule has 112 valence electrons. The van der Waals surface area contributed by atoms with Crippen LogP contribution >= 0.6 is 11.8 Å². The van der Waals surface area contributed by atoms with Crippen LogP contribution in [0.25, 0.3) is 0 Å². The molecule has 1 aromatic heterocycles. The van der Waals surface area contributed by atoms with E-state index in [4.69, 9.17) is 0 Å². The molecule has 0 spiro atoms. The summed E-state index contributed by atoms with van der Waals surface area (Å²) in [5.74, 6) is 4.59. The van der Waals surface area contributed by atoms with Crippen LogP contribution in [0.5, 0.6) is 0 Å². The Bertz CT molecular complexity index is 407. The van der Waals surface area contributed by atoms with Crippen LogP contribution in [-0.2, 0) is 13.0 Å². The van der Waals surface area contributed by atoms with Crippen molar-refractivity contribution in [1.82, 2.24) is 25.0 Å². The van der Waals surface area contributed by atoms with Gasteiger partial charge in [-0.15, -0.1) is 0 Å². The summed E-state index contributed by atoms with van der Waals surface area (Å²) in [4.78, 5) is 9.73. The van der Waals surface area contributed by atoms with Crippen molar-refractivity contribution in [3.8, 4) is 0 Å². The Morgan fingerprint density at radius 3 is 2.60 bits per heavy atom. The number of rotatable bonds is 4. The molecule has 1 N–H and O–H groups in total. The molecule has 2 aliphatic heterocycles. The van der Waals surface area contributed by atoms with E-state index in [9.17, 15) is 0 Å². The van der Waals surface area contributed by atoms with Crippen molar-refractivity contribution in [1.29, 1.82) is 0 Å². The Morgan fingerprint density at radius 2 is 1.95 bits per heavy atom. The van der Waals surface area contributed by atoms with Crippen LogP contribution in [0.15, 0.2) is 0 Å². The Morgan fingerprint density at radius 1 is 1.20 bits per heavy atom. The first kappa shape index (κ1) is 14.4. The number of H-pyrrole nitrogens is 1. The summed E-state index contributed by atoms with van der Waals surface area (Å²) < 4.78 is 0. The normalized spacial score (nSPS) is 23.2. The fraction of sp³-hybridized carbons (Fsp3) is 0.857. The fourth-order valence-corrected chi connectivity index (χ4v) is 4.09. The molecular weight excluding hydrogens is 270 g/mol. The summed E-state index contributed by atoms with van der Waals surface area (Å²) in [5.41, 5.74) is 0. The predicted molar refractivity (Wildman–Crippen MR) is 83.0 cm³/mol. The molecule has 0 bridgehead atoms. The van der Waals surface area contributed by atoms with Crippen molar-refractivity contribution in [3.63, 3.8) is 0 Å². The van der Waals surface area contributed by atoms with E-state index in [2.05, 4.69) is 43.7 Å². The van der Waals surface area contributed by atoms with Gasteiger partial charge in [-0.3, -0.25) is 14.9 Å². The Hall–Kier alpha value is -0.590. The minimum absolute atomic E-state index is 0.813. The molecule has 0 aliphatic carbocycles. The molecule has 1 aromatic rings. The van der Waals surface area contributed by atoms with Gasteiger partial charge in [-0.1, -0.05) is 6.92 Å². The molecule has 2 saturated heterocycles. The van der Waals surface area contributed by atoms with E-state index < -0.39 is 0 Å². The van der Waals surface area contributed by atoms with E-state index in [0.717, 1.165) is 30.7 Å². The molecular formula is C14H25N5S. The average molecular weight is 295 g/mol. The van der Waals surface area contributed by atoms with Gasteiger partial charge in [0, 0.05) is 50.1 Å². The maximum atomic E-state index is 4.51. The largest absolute Gasteiger partial charge is 0.299 e. The lowest BCUT2D eigenvalue weighted by atomic mass is 10.0. The smallest absolute Gasteiger partial charge is 0.150 e. The van der Waals surface area contributed by atoms with Gasteiger partial charge in [0.2, 0.25) is 0 Å². The summed E-state index contributed by atoms with van der Waals surface area (Å²) >= 11 is 2.10. The number of hydrogen-bond donors (Lipinski definition) is 1. The zero-order valence-corrected chi connectivity index (χ0v) is 13.2. The van der Waals surface area contributed by atoms with Crippen molar-refractivity contribution in [2.45, 2.75) is 38.8 Å². The van der Waals surface area contributed by atoms with Crippen LogP contribution in [0.1, 0.15) is 31.4 Å². The second-order valence-corrected chi connectivity index (χ2v) is 6.93. The minimum Gasteiger partial charge on any atom is -0.299 e. The molecule has 3 rings (SSSR count). The SMILES string of the molecule is CCc1n[nH]c(CN2CCC(N3CCSCC3)CC2)n1. The Balaban J connectivity index is 1.45. The maximum absolute atomic E-state index is 4.51. The first-order chi connectivity index (χ1) is 9.85. The number of hydrogen-bond acceptors (Lipinski definition) is 5. The van der Waals surface area contributed by atoms with Crippen LogP contribution in [-0.4, -0.2) is 68.7 Å². The monoisotopic (exact) mass is 295 g/mol. The van der Waals surface area contributed by atoms with Crippen molar-refractivity contribution < 1.29 is 0 Å². The van der Waals surface area contributed by atoms with Crippen molar-refractivity contribution in [2.24, 2.45) is 0 Å². The van der Waals surface area contributed by atoms with Gasteiger partial charge in [-0.05, 0) is 12.8 Å². The van der Waals surface area contributed by atoms with Crippen LogP contribution < -0.4 is 0 Å². The lowest BCUT2D eigenvalue weighted by Crippen LogP contribution is -2.47. The second kappa shape index (κ2) is 6.91. The van der Waals surface area contributed by atoms with Crippen molar-refractivity contribution >= 4 is 11.8 Å². The fourth-order valence-electron chi connectivity index (χ4n) is 3.16. The zero-order chi connectivity index (χ0) is 13.8. The highest BCUT2D eigenvalue weighted by Crippen LogP contribution is 2.21. The van der Waals surface area contributed by atoms with Crippen LogP contribution in [0, 0.1) is 0 Å². The summed E-state index contributed by atoms with van der Waals surface area (Å²) in [6.45, 7) is 7.98. The number of aromatic nitrogens is 3. The highest BCUT2D eigenvalue weighted by molar-refractivity contribution is 7.99. The van der Waals surface area contributed by atoms with Crippen molar-refractivity contribution in [3.05, 3.63) is 11.6 Å². The lowest BCUT2D eigenvalue weighted by Gasteiger charge is -2.39. The average Bonchev–Trinajstić information content (AvgIpc) is 2.97. The van der Waals surface area contributed by atoms with Gasteiger partial charge in [-0.2, -0.15) is 16.9 Å². The van der Waals surface area contributed by atoms with E-state index in [-0.39, 0.29) is 0 Å². The first-order valence-electron chi connectivity index (χ1n) is 7.79. The third-order valence-corrected chi connectivity index (χ3v) is 5.33. The zero-order valence-electron chi connectivity index (χ0n) is 12.3. The molecule has 0 unspecified atom stereocenters. The van der Waals surface area contributed by atoms with Gasteiger partial charge < -0.3 is 0 Å². The summed E-state index contributed by atoms with van der Waals surface area (Å²) in [5, 5.41) is 7.28. The molecule has 2 aliphatic rings. The third-order valence-electron chi connectivity index (χ3n) is 4.39. The topological polar surface area (TPSA) is 48.1 Å². The lowest BCUT2D eigenvalue weighted by molar-refractivity contribution is 0.111. The van der Waals surface area contributed by atoms with Gasteiger partial charge in [0.15, 0.2) is 0 Å². The molecule has 0 saturated carbocycles. The highest BCUT2D eigenvalue weighted by Gasteiger charge is 2.25. The Kier molecular flexibility index (Phi) is 4.96. The van der Waals surface area contributed by atoms with E-state index in [1.54, 1.807) is 0 Å². The van der Waals surface area contributed by atoms with E-state index in [0.29, 0.717) is 0 Å². The van der Waals surface area contributed by atoms with Gasteiger partial charge in [0.1, 0.15) is 11.6 Å². The molecule has 0 aromatic carbocycles. The molecule has 2 fully saturated rings. The molecule has 20 heavy (non-hydrogen) atoms. The summed E-state index contributed by atoms with van der Waals surface area (Å²) in [7, 11) is 0. The summed E-state index contributed by atoms with van der Waals surface area (Å²) in [6, 6.07) is 0.813. The van der Waals surface area contributed by atoms with Gasteiger partial charge >= 0.3 is 0 Å². The quantitative estimate of drug-likeness (QED) is 0.909. The van der Waals surface area contributed by atoms with Gasteiger partial charge in [-0.25, -0.2) is 4.98 Å². The minimum atomic E-state index is 0.813. The van der Waals surface area contributed by atoms with E-state index in [1.165, 1.54) is 50.5 Å². The van der Waals surface area contributed by atoms with Gasteiger partial charge in [0.05, 0.1) is 6.54 Å². The van der Waals surface area contributed by atoms with E-state index >= 15 is 0 Å². The standard InChI is InChI=1S/C14H25N5S/c1-2-13-15-14(17-16-13)11-18-5-3-12(4-6-18)19-7-9-20-10-8-19/h12H,2-11H2,1H3,(H,15,16,17). The number of nitrogens with zero attached hydrogens (tertiary/aromatic N) is 4. The summed E-state index contributed by atoms with van der Waals surface area (Å²) in [6.07, 6.45) is 3.52. The van der Waals surface area contributed by atoms with Crippen LogP contribution in [0.3, 0.4) is 0 Å². The second-order valence-electron chi connectivity index (χ2n) is 5.71. The number of thioether (sulfide) groups is 1. The molecule has 5 nitrogen and oxygen atoms in total. The number of aryl methyl sites for hydroxylation is 1. The predicted octanol–water partition coefficient (Wildman–Crippen LogP) is 1.38. The number of likely N-dealkylation sites (tertiary alicyclic amines) is 1. The molecule has 6 heteroatoms. The first-order valence-corrected chi connectivity index (χ1v) is 8.95. The number of piperidine rings is 1. The molecule has 3 heterocycles.